The third-order valence-corrected chi connectivity index (χ3v) is 5.26. The van der Waals surface area contributed by atoms with Gasteiger partial charge < -0.3 is 5.32 Å². The number of benzene rings is 3. The van der Waals surface area contributed by atoms with Crippen LogP contribution in [0.25, 0.3) is 5.57 Å². The SMILES string of the molecule is Cc1ccc(NC2=C(c3ccc(Cl)cc3)C(=O)N(c3ccc(F)cc3F)C2=O)c(C)c1. The molecule has 0 saturated carbocycles. The Balaban J connectivity index is 1.85. The third kappa shape index (κ3) is 3.82. The van der Waals surface area contributed by atoms with E-state index < -0.39 is 23.4 Å². The van der Waals surface area contributed by atoms with E-state index >= 15 is 0 Å². The van der Waals surface area contributed by atoms with Crippen LogP contribution in [0.1, 0.15) is 16.7 Å². The molecular weight excluding hydrogens is 422 g/mol. The molecule has 7 heteroatoms. The number of anilines is 2. The standard InChI is InChI=1S/C24H17ClF2N2O2/c1-13-3-9-19(14(2)11-13)28-22-21(15-4-6-16(25)7-5-15)23(30)29(24(22)31)20-10-8-17(26)12-18(20)27/h3-12,28H,1-2H3. The number of hydrogen-bond acceptors (Lipinski definition) is 3. The Morgan fingerprint density at radius 1 is 0.871 bits per heavy atom. The molecule has 31 heavy (non-hydrogen) atoms. The van der Waals surface area contributed by atoms with Crippen LogP contribution in [0.3, 0.4) is 0 Å². The Hall–Kier alpha value is -3.51. The van der Waals surface area contributed by atoms with Gasteiger partial charge in [0.25, 0.3) is 11.8 Å². The van der Waals surface area contributed by atoms with Crippen molar-refractivity contribution in [2.45, 2.75) is 13.8 Å². The molecule has 156 valence electrons. The summed E-state index contributed by atoms with van der Waals surface area (Å²) in [6, 6.07) is 14.7. The van der Waals surface area contributed by atoms with Crippen LogP contribution in [-0.4, -0.2) is 11.8 Å². The molecule has 0 fully saturated rings. The minimum atomic E-state index is -1.01. The lowest BCUT2D eigenvalue weighted by Gasteiger charge is -2.16. The number of halogens is 3. The highest BCUT2D eigenvalue weighted by Gasteiger charge is 2.41. The van der Waals surface area contributed by atoms with Crippen LogP contribution in [-0.2, 0) is 9.59 Å². The first-order valence-electron chi connectivity index (χ1n) is 9.44. The van der Waals surface area contributed by atoms with Crippen molar-refractivity contribution in [1.29, 1.82) is 0 Å². The molecule has 0 radical (unpaired) electrons. The number of nitrogens with zero attached hydrogens (tertiary/aromatic N) is 1. The first-order chi connectivity index (χ1) is 14.8. The summed E-state index contributed by atoms with van der Waals surface area (Å²) in [5.41, 5.74) is 2.75. The summed E-state index contributed by atoms with van der Waals surface area (Å²) in [4.78, 5) is 27.3. The quantitative estimate of drug-likeness (QED) is 0.537. The zero-order valence-corrected chi connectivity index (χ0v) is 17.4. The predicted molar refractivity (Wildman–Crippen MR) is 117 cm³/mol. The fraction of sp³-hybridized carbons (Fsp3) is 0.0833. The molecule has 1 N–H and O–H groups in total. The first kappa shape index (κ1) is 20.8. The summed E-state index contributed by atoms with van der Waals surface area (Å²) in [6.45, 7) is 3.81. The molecule has 4 nitrogen and oxygen atoms in total. The molecule has 3 aromatic carbocycles. The van der Waals surface area contributed by atoms with Crippen molar-refractivity contribution >= 4 is 40.4 Å². The van der Waals surface area contributed by atoms with E-state index in [4.69, 9.17) is 11.6 Å². The Labute approximate surface area is 182 Å². The number of nitrogens with one attached hydrogen (secondary N) is 1. The van der Waals surface area contributed by atoms with E-state index in [-0.39, 0.29) is 17.0 Å². The van der Waals surface area contributed by atoms with Crippen LogP contribution >= 0.6 is 11.6 Å². The number of aryl methyl sites for hydroxylation is 2. The van der Waals surface area contributed by atoms with Gasteiger partial charge in [-0.25, -0.2) is 13.7 Å². The highest BCUT2D eigenvalue weighted by molar-refractivity contribution is 6.46. The van der Waals surface area contributed by atoms with Crippen LogP contribution in [0.2, 0.25) is 5.02 Å². The zero-order valence-electron chi connectivity index (χ0n) is 16.7. The maximum atomic E-state index is 14.5. The lowest BCUT2D eigenvalue weighted by atomic mass is 10.0. The molecule has 4 rings (SSSR count). The normalized spacial score (nSPS) is 13.9. The second-order valence-corrected chi connectivity index (χ2v) is 7.68. The van der Waals surface area contributed by atoms with Crippen molar-refractivity contribution in [2.24, 2.45) is 0 Å². The van der Waals surface area contributed by atoms with E-state index in [0.717, 1.165) is 23.3 Å². The van der Waals surface area contributed by atoms with Crippen molar-refractivity contribution in [3.63, 3.8) is 0 Å². The minimum absolute atomic E-state index is 0.00278. The van der Waals surface area contributed by atoms with Crippen LogP contribution < -0.4 is 10.2 Å². The third-order valence-electron chi connectivity index (χ3n) is 5.01. The van der Waals surface area contributed by atoms with E-state index in [1.165, 1.54) is 0 Å². The van der Waals surface area contributed by atoms with Gasteiger partial charge in [-0.2, -0.15) is 0 Å². The Morgan fingerprint density at radius 2 is 1.58 bits per heavy atom. The number of imide groups is 1. The van der Waals surface area contributed by atoms with Crippen LogP contribution in [0.5, 0.6) is 0 Å². The summed E-state index contributed by atoms with van der Waals surface area (Å²) >= 11 is 5.97. The Kier molecular flexibility index (Phi) is 5.33. The van der Waals surface area contributed by atoms with Crippen molar-refractivity contribution < 1.29 is 18.4 Å². The van der Waals surface area contributed by atoms with Crippen molar-refractivity contribution in [3.05, 3.63) is 99.7 Å². The molecule has 1 heterocycles. The van der Waals surface area contributed by atoms with E-state index in [9.17, 15) is 18.4 Å². The topological polar surface area (TPSA) is 49.4 Å². The van der Waals surface area contributed by atoms with Crippen molar-refractivity contribution in [3.8, 4) is 0 Å². The molecule has 1 aliphatic rings. The summed E-state index contributed by atoms with van der Waals surface area (Å²) in [7, 11) is 0. The Morgan fingerprint density at radius 3 is 2.23 bits per heavy atom. The smallest absolute Gasteiger partial charge is 0.282 e. The maximum Gasteiger partial charge on any atom is 0.282 e. The molecule has 3 aromatic rings. The summed E-state index contributed by atoms with van der Waals surface area (Å²) in [6.07, 6.45) is 0. The van der Waals surface area contributed by atoms with Gasteiger partial charge in [-0.05, 0) is 55.3 Å². The van der Waals surface area contributed by atoms with Gasteiger partial charge >= 0.3 is 0 Å². The zero-order chi connectivity index (χ0) is 22.3. The van der Waals surface area contributed by atoms with Gasteiger partial charge in [0.1, 0.15) is 17.3 Å². The number of rotatable bonds is 4. The first-order valence-corrected chi connectivity index (χ1v) is 9.82. The minimum Gasteiger partial charge on any atom is -0.350 e. The second kappa shape index (κ2) is 7.96. The number of hydrogen-bond donors (Lipinski definition) is 1. The molecule has 0 aromatic heterocycles. The van der Waals surface area contributed by atoms with Gasteiger partial charge in [-0.1, -0.05) is 41.4 Å². The average molecular weight is 439 g/mol. The summed E-state index contributed by atoms with van der Waals surface area (Å²) in [5, 5.41) is 3.51. The van der Waals surface area contributed by atoms with Gasteiger partial charge in [0, 0.05) is 16.8 Å². The number of carbonyl (C=O) groups excluding carboxylic acids is 2. The summed E-state index contributed by atoms with van der Waals surface area (Å²) < 4.78 is 27.8. The van der Waals surface area contributed by atoms with Gasteiger partial charge in [-0.3, -0.25) is 9.59 Å². The number of amides is 2. The molecule has 0 saturated heterocycles. The lowest BCUT2D eigenvalue weighted by Crippen LogP contribution is -2.33. The molecule has 0 spiro atoms. The molecule has 0 atom stereocenters. The van der Waals surface area contributed by atoms with E-state index in [2.05, 4.69) is 5.32 Å². The molecule has 0 bridgehead atoms. The largest absolute Gasteiger partial charge is 0.350 e. The maximum absolute atomic E-state index is 14.5. The van der Waals surface area contributed by atoms with Crippen LogP contribution in [0.4, 0.5) is 20.2 Å². The average Bonchev–Trinajstić information content (AvgIpc) is 2.95. The monoisotopic (exact) mass is 438 g/mol. The van der Waals surface area contributed by atoms with Crippen LogP contribution in [0, 0.1) is 25.5 Å². The highest BCUT2D eigenvalue weighted by Crippen LogP contribution is 2.35. The van der Waals surface area contributed by atoms with Crippen molar-refractivity contribution in [1.82, 2.24) is 0 Å². The molecule has 1 aliphatic heterocycles. The lowest BCUT2D eigenvalue weighted by molar-refractivity contribution is -0.120. The molecule has 2 amide bonds. The highest BCUT2D eigenvalue weighted by atomic mass is 35.5. The van der Waals surface area contributed by atoms with Gasteiger partial charge in [0.2, 0.25) is 0 Å². The van der Waals surface area contributed by atoms with Gasteiger partial charge in [-0.15, -0.1) is 0 Å². The summed E-state index contributed by atoms with van der Waals surface area (Å²) in [5.74, 6) is -3.27. The Bertz CT molecular complexity index is 1250. The second-order valence-electron chi connectivity index (χ2n) is 7.24. The van der Waals surface area contributed by atoms with E-state index in [1.54, 1.807) is 30.3 Å². The molecular formula is C24H17ClF2N2O2. The molecule has 0 unspecified atom stereocenters. The van der Waals surface area contributed by atoms with E-state index in [0.29, 0.717) is 27.2 Å². The molecule has 0 aliphatic carbocycles. The predicted octanol–water partition coefficient (Wildman–Crippen LogP) is 5.63. The van der Waals surface area contributed by atoms with Gasteiger partial charge in [0.05, 0.1) is 11.3 Å². The fourth-order valence-electron chi connectivity index (χ4n) is 3.50. The fourth-order valence-corrected chi connectivity index (χ4v) is 3.63. The van der Waals surface area contributed by atoms with E-state index in [1.807, 2.05) is 26.0 Å². The van der Waals surface area contributed by atoms with Crippen molar-refractivity contribution in [2.75, 3.05) is 10.2 Å². The van der Waals surface area contributed by atoms with Gasteiger partial charge in [0.15, 0.2) is 0 Å². The number of carbonyl (C=O) groups is 2. The van der Waals surface area contributed by atoms with Crippen LogP contribution in [0.15, 0.2) is 66.4 Å².